The molecule has 2 atom stereocenters. The van der Waals surface area contributed by atoms with Crippen LogP contribution >= 0.6 is 11.8 Å². The van der Waals surface area contributed by atoms with Crippen molar-refractivity contribution in [2.24, 2.45) is 14.1 Å². The van der Waals surface area contributed by atoms with Crippen LogP contribution in [-0.2, 0) is 23.6 Å². The van der Waals surface area contributed by atoms with Gasteiger partial charge in [0.05, 0.1) is 39.2 Å². The number of rotatable bonds is 2. The standard InChI is InChI=1S/C22H27N5O4S/c1-22(2)10-13(7-8-31-22)27-19-17(20(29)24-27)18(32-11-16(28)23-19)12-5-6-14-15(9-12)26(4)21(30)25(14)3/h5-6,9,13,18H,7-8,10-11H2,1-4H3,(H,23,28)(H,24,29)/t13-,18+/m1/s1. The fourth-order valence-electron chi connectivity index (χ4n) is 4.89. The van der Waals surface area contributed by atoms with Crippen LogP contribution in [0.1, 0.15) is 49.1 Å². The number of thioether (sulfide) groups is 1. The zero-order valence-corrected chi connectivity index (χ0v) is 19.4. The molecule has 0 saturated carbocycles. The normalized spacial score (nSPS) is 23.1. The fraction of sp³-hybridized carbons (Fsp3) is 0.500. The van der Waals surface area contributed by atoms with E-state index in [9.17, 15) is 14.4 Å². The van der Waals surface area contributed by atoms with Crippen molar-refractivity contribution in [3.63, 3.8) is 0 Å². The number of H-pyrrole nitrogens is 1. The number of nitrogens with zero attached hydrogens (tertiary/aromatic N) is 3. The van der Waals surface area contributed by atoms with Crippen LogP contribution in [0, 0.1) is 0 Å². The van der Waals surface area contributed by atoms with Gasteiger partial charge in [-0.1, -0.05) is 6.07 Å². The van der Waals surface area contributed by atoms with Crippen molar-refractivity contribution in [2.75, 3.05) is 17.7 Å². The highest BCUT2D eigenvalue weighted by Crippen LogP contribution is 2.42. The quantitative estimate of drug-likeness (QED) is 0.615. The molecule has 10 heteroatoms. The number of carbonyl (C=O) groups excluding carboxylic acids is 1. The number of hydrogen-bond acceptors (Lipinski definition) is 5. The van der Waals surface area contributed by atoms with Crippen molar-refractivity contribution >= 4 is 34.5 Å². The van der Waals surface area contributed by atoms with Crippen LogP contribution < -0.4 is 16.6 Å². The van der Waals surface area contributed by atoms with Crippen LogP contribution in [0.2, 0.25) is 0 Å². The lowest BCUT2D eigenvalue weighted by Crippen LogP contribution is -2.36. The van der Waals surface area contributed by atoms with Crippen molar-refractivity contribution in [2.45, 2.75) is 43.6 Å². The van der Waals surface area contributed by atoms with Crippen molar-refractivity contribution < 1.29 is 9.53 Å². The van der Waals surface area contributed by atoms with Crippen LogP contribution in [0.4, 0.5) is 5.82 Å². The summed E-state index contributed by atoms with van der Waals surface area (Å²) in [4.78, 5) is 38.1. The molecule has 2 N–H and O–H groups in total. The minimum absolute atomic E-state index is 0.0247. The van der Waals surface area contributed by atoms with Gasteiger partial charge in [-0.15, -0.1) is 11.8 Å². The van der Waals surface area contributed by atoms with Gasteiger partial charge in [0.25, 0.3) is 5.56 Å². The maximum Gasteiger partial charge on any atom is 0.328 e. The lowest BCUT2D eigenvalue weighted by atomic mass is 9.94. The molecule has 5 rings (SSSR count). The molecule has 1 saturated heterocycles. The van der Waals surface area contributed by atoms with Gasteiger partial charge in [0.15, 0.2) is 0 Å². The molecule has 2 aliphatic rings. The number of imidazole rings is 1. The Morgan fingerprint density at radius 3 is 2.62 bits per heavy atom. The second kappa shape index (κ2) is 7.41. The number of amides is 1. The molecule has 1 aromatic carbocycles. The molecule has 32 heavy (non-hydrogen) atoms. The average Bonchev–Trinajstić information content (AvgIpc) is 3.08. The third-order valence-corrected chi connectivity index (χ3v) is 7.77. The number of carbonyl (C=O) groups is 1. The minimum Gasteiger partial charge on any atom is -0.375 e. The van der Waals surface area contributed by atoms with Crippen LogP contribution in [0.25, 0.3) is 11.0 Å². The summed E-state index contributed by atoms with van der Waals surface area (Å²) in [6.45, 7) is 4.67. The first kappa shape index (κ1) is 21.1. The number of nitrogens with one attached hydrogen (secondary N) is 2. The Morgan fingerprint density at radius 2 is 1.88 bits per heavy atom. The first-order valence-corrected chi connectivity index (χ1v) is 11.8. The van der Waals surface area contributed by atoms with Gasteiger partial charge in [-0.05, 0) is 44.4 Å². The molecule has 0 bridgehead atoms. The van der Waals surface area contributed by atoms with Crippen LogP contribution in [0.5, 0.6) is 0 Å². The summed E-state index contributed by atoms with van der Waals surface area (Å²) >= 11 is 1.42. The van der Waals surface area contributed by atoms with E-state index < -0.39 is 0 Å². The lowest BCUT2D eigenvalue weighted by Gasteiger charge is -2.36. The van der Waals surface area contributed by atoms with Crippen LogP contribution in [0.3, 0.4) is 0 Å². The first-order valence-electron chi connectivity index (χ1n) is 10.7. The Morgan fingerprint density at radius 1 is 1.12 bits per heavy atom. The van der Waals surface area contributed by atoms with Crippen molar-refractivity contribution in [1.82, 2.24) is 18.9 Å². The second-order valence-corrected chi connectivity index (χ2v) is 10.3. The number of aryl methyl sites for hydroxylation is 2. The van der Waals surface area contributed by atoms with E-state index in [-0.39, 0.29) is 39.8 Å². The Labute approximate surface area is 188 Å². The summed E-state index contributed by atoms with van der Waals surface area (Å²) in [6.07, 6.45) is 1.49. The minimum atomic E-state index is -0.332. The van der Waals surface area contributed by atoms with E-state index in [2.05, 4.69) is 10.4 Å². The molecule has 9 nitrogen and oxygen atoms in total. The molecule has 0 spiro atoms. The predicted molar refractivity (Wildman–Crippen MR) is 124 cm³/mol. The fourth-order valence-corrected chi connectivity index (χ4v) is 6.00. The van der Waals surface area contributed by atoms with E-state index in [0.29, 0.717) is 18.0 Å². The summed E-state index contributed by atoms with van der Waals surface area (Å²) in [7, 11) is 3.48. The molecular weight excluding hydrogens is 430 g/mol. The second-order valence-electron chi connectivity index (χ2n) is 9.22. The number of fused-ring (bicyclic) bond motifs is 2. The van der Waals surface area contributed by atoms with Gasteiger partial charge >= 0.3 is 5.69 Å². The summed E-state index contributed by atoms with van der Waals surface area (Å²) < 4.78 is 10.9. The summed E-state index contributed by atoms with van der Waals surface area (Å²) in [5.74, 6) is 0.648. The zero-order chi connectivity index (χ0) is 22.8. The smallest absolute Gasteiger partial charge is 0.328 e. The third-order valence-electron chi connectivity index (χ3n) is 6.50. The van der Waals surface area contributed by atoms with Gasteiger partial charge in [0.1, 0.15) is 5.82 Å². The predicted octanol–water partition coefficient (Wildman–Crippen LogP) is 2.27. The number of ether oxygens (including phenoxy) is 1. The van der Waals surface area contributed by atoms with Crippen molar-refractivity contribution in [3.8, 4) is 0 Å². The van der Waals surface area contributed by atoms with E-state index in [1.165, 1.54) is 11.8 Å². The topological polar surface area (TPSA) is 103 Å². The van der Waals surface area contributed by atoms with Gasteiger partial charge in [-0.2, -0.15) is 0 Å². The van der Waals surface area contributed by atoms with E-state index in [4.69, 9.17) is 4.74 Å². The summed E-state index contributed by atoms with van der Waals surface area (Å²) in [5, 5.41) is 5.63. The van der Waals surface area contributed by atoms with E-state index >= 15 is 0 Å². The molecule has 4 heterocycles. The number of anilines is 1. The van der Waals surface area contributed by atoms with Gasteiger partial charge in [0, 0.05) is 20.7 Å². The summed E-state index contributed by atoms with van der Waals surface area (Å²) in [6, 6.07) is 5.81. The zero-order valence-electron chi connectivity index (χ0n) is 18.6. The maximum absolute atomic E-state index is 13.2. The van der Waals surface area contributed by atoms with Gasteiger partial charge < -0.3 is 10.1 Å². The Hall–Kier alpha value is -2.72. The highest BCUT2D eigenvalue weighted by atomic mass is 32.2. The van der Waals surface area contributed by atoms with E-state index in [1.54, 1.807) is 23.2 Å². The average molecular weight is 458 g/mol. The first-order chi connectivity index (χ1) is 15.2. The third kappa shape index (κ3) is 3.32. The van der Waals surface area contributed by atoms with Gasteiger partial charge in [0.2, 0.25) is 5.91 Å². The number of aromatic nitrogens is 4. The molecule has 3 aromatic rings. The Bertz CT molecular complexity index is 1340. The Kier molecular flexibility index (Phi) is 4.90. The van der Waals surface area contributed by atoms with Gasteiger partial charge in [-0.25, -0.2) is 4.79 Å². The van der Waals surface area contributed by atoms with E-state index in [0.717, 1.165) is 29.4 Å². The van der Waals surface area contributed by atoms with Crippen molar-refractivity contribution in [1.29, 1.82) is 0 Å². The number of benzene rings is 1. The highest BCUT2D eigenvalue weighted by molar-refractivity contribution is 8.00. The summed E-state index contributed by atoms with van der Waals surface area (Å²) in [5.41, 5.74) is 2.44. The molecule has 2 aromatic heterocycles. The molecular formula is C22H27N5O4S. The highest BCUT2D eigenvalue weighted by Gasteiger charge is 2.36. The molecule has 170 valence electrons. The lowest BCUT2D eigenvalue weighted by molar-refractivity contribution is -0.113. The van der Waals surface area contributed by atoms with Crippen molar-refractivity contribution in [3.05, 3.63) is 50.2 Å². The SMILES string of the molecule is Cn1c(=O)n(C)c2cc([C@@H]3SCC(=O)Nc4c3c(=O)[nH]n4[C@@H]3CCOC(C)(C)C3)ccc21. The molecule has 2 aliphatic heterocycles. The van der Waals surface area contributed by atoms with Gasteiger partial charge in [-0.3, -0.25) is 28.5 Å². The number of hydrogen-bond donors (Lipinski definition) is 2. The molecule has 1 amide bonds. The van der Waals surface area contributed by atoms with Crippen LogP contribution in [0.15, 0.2) is 27.8 Å². The van der Waals surface area contributed by atoms with Crippen LogP contribution in [-0.4, -0.2) is 42.8 Å². The Balaban J connectivity index is 1.64. The monoisotopic (exact) mass is 457 g/mol. The molecule has 1 fully saturated rings. The number of aromatic amines is 1. The maximum atomic E-state index is 13.2. The molecule has 0 unspecified atom stereocenters. The largest absolute Gasteiger partial charge is 0.375 e. The van der Waals surface area contributed by atoms with E-state index in [1.807, 2.05) is 36.7 Å². The molecule has 0 aliphatic carbocycles. The molecule has 0 radical (unpaired) electrons.